The lowest BCUT2D eigenvalue weighted by atomic mass is 9.91. The highest BCUT2D eigenvalue weighted by Gasteiger charge is 2.19. The maximum atomic E-state index is 4.19. The molecule has 0 saturated carbocycles. The molecule has 0 rings (SSSR count). The van der Waals surface area contributed by atoms with Gasteiger partial charge in [0, 0.05) is 7.05 Å². The van der Waals surface area contributed by atoms with Crippen LogP contribution in [0.25, 0.3) is 0 Å². The Kier molecular flexibility index (Phi) is 4.15. The van der Waals surface area contributed by atoms with Gasteiger partial charge in [-0.3, -0.25) is 0 Å². The van der Waals surface area contributed by atoms with Gasteiger partial charge in [-0.05, 0) is 39.7 Å². The molecule has 0 radical (unpaired) electrons. The second-order valence-electron chi connectivity index (χ2n) is 3.62. The normalized spacial score (nSPS) is 15.2. The average molecular weight is 168 g/mol. The number of hydrogen-bond acceptors (Lipinski definition) is 2. The van der Waals surface area contributed by atoms with Crippen molar-refractivity contribution in [3.63, 3.8) is 0 Å². The van der Waals surface area contributed by atoms with Crippen LogP contribution in [0.1, 0.15) is 41.0 Å². The van der Waals surface area contributed by atoms with E-state index in [0.29, 0.717) is 0 Å². The van der Waals surface area contributed by atoms with Gasteiger partial charge in [0.1, 0.15) is 0 Å². The van der Waals surface area contributed by atoms with Crippen LogP contribution in [0.5, 0.6) is 0 Å². The average Bonchev–Trinajstić information content (AvgIpc) is 2.01. The molecule has 0 N–H and O–H groups in total. The standard InChI is InChI=1S/C10H20N2/c1-7-8(2)9(3)10(4,5)12-11-6/h7H2,1-6H3/b9-8-,12-11?. The number of allylic oxidation sites excluding steroid dienone is 1. The van der Waals surface area contributed by atoms with E-state index in [4.69, 9.17) is 0 Å². The molecule has 0 bridgehead atoms. The first-order valence-corrected chi connectivity index (χ1v) is 4.43. The molecule has 12 heavy (non-hydrogen) atoms. The van der Waals surface area contributed by atoms with Crippen LogP contribution in [-0.4, -0.2) is 12.6 Å². The third-order valence-electron chi connectivity index (χ3n) is 2.44. The zero-order valence-corrected chi connectivity index (χ0v) is 9.10. The SMILES string of the molecule is CC/C(C)=C(/C)C(C)(C)N=NC. The highest BCUT2D eigenvalue weighted by molar-refractivity contribution is 5.20. The van der Waals surface area contributed by atoms with E-state index in [1.165, 1.54) is 11.1 Å². The van der Waals surface area contributed by atoms with Crippen molar-refractivity contribution in [2.24, 2.45) is 10.2 Å². The predicted octanol–water partition coefficient (Wildman–Crippen LogP) is 3.59. The van der Waals surface area contributed by atoms with E-state index in [0.717, 1.165) is 6.42 Å². The van der Waals surface area contributed by atoms with Crippen LogP contribution in [0.2, 0.25) is 0 Å². The highest BCUT2D eigenvalue weighted by atomic mass is 15.1. The maximum Gasteiger partial charge on any atom is 0.0968 e. The lowest BCUT2D eigenvalue weighted by Gasteiger charge is -2.21. The van der Waals surface area contributed by atoms with Crippen LogP contribution in [0.3, 0.4) is 0 Å². The summed E-state index contributed by atoms with van der Waals surface area (Å²) in [4.78, 5) is 0. The minimum absolute atomic E-state index is 0.130. The van der Waals surface area contributed by atoms with E-state index in [1.54, 1.807) is 7.05 Å². The number of azo groups is 1. The van der Waals surface area contributed by atoms with Gasteiger partial charge in [0.2, 0.25) is 0 Å². The van der Waals surface area contributed by atoms with Crippen LogP contribution < -0.4 is 0 Å². The molecular weight excluding hydrogens is 148 g/mol. The fraction of sp³-hybridized carbons (Fsp3) is 0.800. The maximum absolute atomic E-state index is 4.19. The van der Waals surface area contributed by atoms with E-state index >= 15 is 0 Å². The second-order valence-corrected chi connectivity index (χ2v) is 3.62. The van der Waals surface area contributed by atoms with Crippen molar-refractivity contribution in [2.75, 3.05) is 7.05 Å². The smallest absolute Gasteiger partial charge is 0.0968 e. The minimum atomic E-state index is -0.130. The van der Waals surface area contributed by atoms with Gasteiger partial charge in [0.15, 0.2) is 0 Å². The van der Waals surface area contributed by atoms with Gasteiger partial charge in [0.05, 0.1) is 5.54 Å². The largest absolute Gasteiger partial charge is 0.197 e. The molecule has 2 heteroatoms. The van der Waals surface area contributed by atoms with Crippen LogP contribution >= 0.6 is 0 Å². The first-order chi connectivity index (χ1) is 5.45. The molecule has 0 aliphatic heterocycles. The molecule has 0 aliphatic carbocycles. The first kappa shape index (κ1) is 11.3. The predicted molar refractivity (Wildman–Crippen MR) is 53.5 cm³/mol. The summed E-state index contributed by atoms with van der Waals surface area (Å²) in [6.07, 6.45) is 1.09. The summed E-state index contributed by atoms with van der Waals surface area (Å²) >= 11 is 0. The van der Waals surface area contributed by atoms with Crippen molar-refractivity contribution in [1.29, 1.82) is 0 Å². The van der Waals surface area contributed by atoms with E-state index < -0.39 is 0 Å². The van der Waals surface area contributed by atoms with Crippen LogP contribution in [0.15, 0.2) is 21.4 Å². The zero-order chi connectivity index (χ0) is 9.78. The molecule has 0 aromatic carbocycles. The molecule has 0 amide bonds. The lowest BCUT2D eigenvalue weighted by Crippen LogP contribution is -2.18. The van der Waals surface area contributed by atoms with Gasteiger partial charge in [-0.1, -0.05) is 12.5 Å². The van der Waals surface area contributed by atoms with Crippen LogP contribution in [0.4, 0.5) is 0 Å². The fourth-order valence-electron chi connectivity index (χ4n) is 1.11. The molecule has 0 heterocycles. The Hall–Kier alpha value is -0.660. The lowest BCUT2D eigenvalue weighted by molar-refractivity contribution is 0.568. The number of nitrogens with zero attached hydrogens (tertiary/aromatic N) is 2. The molecule has 0 spiro atoms. The van der Waals surface area contributed by atoms with Gasteiger partial charge in [-0.15, -0.1) is 0 Å². The summed E-state index contributed by atoms with van der Waals surface area (Å²) in [5, 5.41) is 8.03. The molecule has 0 aromatic heterocycles. The molecule has 0 unspecified atom stereocenters. The van der Waals surface area contributed by atoms with Crippen molar-refractivity contribution in [3.05, 3.63) is 11.1 Å². The van der Waals surface area contributed by atoms with Crippen molar-refractivity contribution in [2.45, 2.75) is 46.6 Å². The molecule has 0 saturated heterocycles. The van der Waals surface area contributed by atoms with Crippen molar-refractivity contribution < 1.29 is 0 Å². The summed E-state index contributed by atoms with van der Waals surface area (Å²) in [5.74, 6) is 0. The van der Waals surface area contributed by atoms with Crippen molar-refractivity contribution in [1.82, 2.24) is 0 Å². The molecule has 2 nitrogen and oxygen atoms in total. The molecular formula is C10H20N2. The second kappa shape index (κ2) is 4.39. The highest BCUT2D eigenvalue weighted by Crippen LogP contribution is 2.24. The minimum Gasteiger partial charge on any atom is -0.197 e. The summed E-state index contributed by atoms with van der Waals surface area (Å²) in [6.45, 7) is 10.6. The fourth-order valence-corrected chi connectivity index (χ4v) is 1.11. The Labute approximate surface area is 75.8 Å². The molecule has 0 atom stereocenters. The van der Waals surface area contributed by atoms with Gasteiger partial charge in [-0.25, -0.2) is 0 Å². The van der Waals surface area contributed by atoms with Crippen LogP contribution in [-0.2, 0) is 0 Å². The molecule has 70 valence electrons. The van der Waals surface area contributed by atoms with E-state index in [2.05, 4.69) is 44.8 Å². The van der Waals surface area contributed by atoms with Gasteiger partial charge in [-0.2, -0.15) is 10.2 Å². The Morgan fingerprint density at radius 2 is 1.75 bits per heavy atom. The molecule has 0 aromatic rings. The van der Waals surface area contributed by atoms with Gasteiger partial charge < -0.3 is 0 Å². The van der Waals surface area contributed by atoms with E-state index in [9.17, 15) is 0 Å². The Morgan fingerprint density at radius 3 is 2.08 bits per heavy atom. The summed E-state index contributed by atoms with van der Waals surface area (Å²) in [7, 11) is 1.72. The summed E-state index contributed by atoms with van der Waals surface area (Å²) in [6, 6.07) is 0. The topological polar surface area (TPSA) is 24.7 Å². The molecule has 0 fully saturated rings. The monoisotopic (exact) mass is 168 g/mol. The van der Waals surface area contributed by atoms with Crippen molar-refractivity contribution in [3.8, 4) is 0 Å². The number of rotatable bonds is 3. The molecule has 0 aliphatic rings. The Balaban J connectivity index is 4.78. The van der Waals surface area contributed by atoms with Crippen molar-refractivity contribution >= 4 is 0 Å². The third-order valence-corrected chi connectivity index (χ3v) is 2.44. The Bertz CT molecular complexity index is 200. The summed E-state index contributed by atoms with van der Waals surface area (Å²) < 4.78 is 0. The van der Waals surface area contributed by atoms with Crippen LogP contribution in [0, 0.1) is 0 Å². The van der Waals surface area contributed by atoms with Gasteiger partial charge >= 0.3 is 0 Å². The number of hydrogen-bond donors (Lipinski definition) is 0. The Morgan fingerprint density at radius 1 is 1.25 bits per heavy atom. The van der Waals surface area contributed by atoms with E-state index in [1.807, 2.05) is 0 Å². The first-order valence-electron chi connectivity index (χ1n) is 4.43. The third kappa shape index (κ3) is 2.76. The quantitative estimate of drug-likeness (QED) is 0.454. The zero-order valence-electron chi connectivity index (χ0n) is 9.10. The summed E-state index contributed by atoms with van der Waals surface area (Å²) in [5.41, 5.74) is 2.61. The van der Waals surface area contributed by atoms with Gasteiger partial charge in [0.25, 0.3) is 0 Å². The van der Waals surface area contributed by atoms with E-state index in [-0.39, 0.29) is 5.54 Å².